The van der Waals surface area contributed by atoms with Crippen LogP contribution in [0.15, 0.2) is 0 Å². The van der Waals surface area contributed by atoms with Crippen LogP contribution in [0.1, 0.15) is 32.1 Å². The lowest BCUT2D eigenvalue weighted by Gasteiger charge is -2.38. The quantitative estimate of drug-likeness (QED) is 0.618. The number of carbonyl (C=O) groups excluding carboxylic acids is 2. The van der Waals surface area contributed by atoms with Gasteiger partial charge in [0.05, 0.1) is 19.3 Å². The molecule has 0 aromatic rings. The van der Waals surface area contributed by atoms with Gasteiger partial charge in [0.25, 0.3) is 0 Å². The number of esters is 1. The lowest BCUT2D eigenvalue weighted by atomic mass is 10.00. The smallest absolute Gasteiger partial charge is 0.328 e. The van der Waals surface area contributed by atoms with Crippen LogP contribution in [-0.4, -0.2) is 53.6 Å². The van der Waals surface area contributed by atoms with Gasteiger partial charge in [-0.25, -0.2) is 4.79 Å². The zero-order valence-corrected chi connectivity index (χ0v) is 10.1. The summed E-state index contributed by atoms with van der Waals surface area (Å²) in [5.41, 5.74) is 0. The predicted octanol–water partition coefficient (Wildman–Crippen LogP) is 0.345. The highest BCUT2D eigenvalue weighted by atomic mass is 16.5. The Labute approximate surface area is 101 Å². The average Bonchev–Trinajstić information content (AvgIpc) is 2.93. The molecule has 3 aliphatic rings. The van der Waals surface area contributed by atoms with Crippen molar-refractivity contribution in [3.63, 3.8) is 0 Å². The molecule has 94 valence electrons. The van der Waals surface area contributed by atoms with Crippen molar-refractivity contribution in [2.75, 3.05) is 13.7 Å². The molecule has 0 bridgehead atoms. The van der Waals surface area contributed by atoms with Gasteiger partial charge >= 0.3 is 5.97 Å². The van der Waals surface area contributed by atoms with Crippen LogP contribution in [-0.2, 0) is 14.3 Å². The molecule has 5 nitrogen and oxygen atoms in total. The Morgan fingerprint density at radius 1 is 1.29 bits per heavy atom. The van der Waals surface area contributed by atoms with Gasteiger partial charge in [-0.15, -0.1) is 0 Å². The molecule has 0 spiro atoms. The standard InChI is InChI=1S/C12H18N2O3/c1-17-12(16)9-4-2-6-10-13-7-3-5-8(13)11(15)14(9)10/h8-10H,2-7H2,1H3/t8-,9-,10-/m0/s1. The Balaban J connectivity index is 1.88. The van der Waals surface area contributed by atoms with E-state index in [0.717, 1.165) is 38.6 Å². The Morgan fingerprint density at radius 3 is 2.88 bits per heavy atom. The van der Waals surface area contributed by atoms with Crippen LogP contribution in [0.5, 0.6) is 0 Å². The minimum atomic E-state index is -0.350. The van der Waals surface area contributed by atoms with E-state index in [9.17, 15) is 9.59 Å². The van der Waals surface area contributed by atoms with E-state index in [0.29, 0.717) is 0 Å². The van der Waals surface area contributed by atoms with Crippen molar-refractivity contribution < 1.29 is 14.3 Å². The molecule has 3 fully saturated rings. The number of fused-ring (bicyclic) bond motifs is 3. The molecule has 5 heteroatoms. The average molecular weight is 238 g/mol. The number of nitrogens with zero attached hydrogens (tertiary/aromatic N) is 2. The van der Waals surface area contributed by atoms with Gasteiger partial charge in [-0.05, 0) is 32.1 Å². The minimum absolute atomic E-state index is 0.0326. The fourth-order valence-corrected chi connectivity index (χ4v) is 3.56. The van der Waals surface area contributed by atoms with Gasteiger partial charge in [-0.2, -0.15) is 0 Å². The van der Waals surface area contributed by atoms with Crippen LogP contribution in [0.25, 0.3) is 0 Å². The van der Waals surface area contributed by atoms with Gasteiger partial charge in [0.2, 0.25) is 5.91 Å². The van der Waals surface area contributed by atoms with Crippen LogP contribution in [0, 0.1) is 0 Å². The molecule has 3 rings (SSSR count). The Morgan fingerprint density at radius 2 is 2.12 bits per heavy atom. The van der Waals surface area contributed by atoms with E-state index in [4.69, 9.17) is 4.74 Å². The summed E-state index contributed by atoms with van der Waals surface area (Å²) in [4.78, 5) is 28.1. The predicted molar refractivity (Wildman–Crippen MR) is 60.0 cm³/mol. The highest BCUT2D eigenvalue weighted by Gasteiger charge is 2.53. The van der Waals surface area contributed by atoms with E-state index in [2.05, 4.69) is 4.90 Å². The first-order valence-corrected chi connectivity index (χ1v) is 6.40. The molecule has 0 aromatic carbocycles. The van der Waals surface area contributed by atoms with Gasteiger partial charge in [0.1, 0.15) is 6.04 Å². The lowest BCUT2D eigenvalue weighted by Crippen LogP contribution is -2.52. The summed E-state index contributed by atoms with van der Waals surface area (Å²) >= 11 is 0. The molecule has 0 saturated carbocycles. The molecule has 17 heavy (non-hydrogen) atoms. The molecule has 1 amide bonds. The maximum Gasteiger partial charge on any atom is 0.328 e. The molecular formula is C12H18N2O3. The first-order chi connectivity index (χ1) is 8.24. The van der Waals surface area contributed by atoms with Crippen molar-refractivity contribution in [3.8, 4) is 0 Å². The van der Waals surface area contributed by atoms with E-state index >= 15 is 0 Å². The van der Waals surface area contributed by atoms with Crippen LogP contribution in [0.4, 0.5) is 0 Å². The maximum atomic E-state index is 12.3. The molecule has 3 atom stereocenters. The van der Waals surface area contributed by atoms with Crippen molar-refractivity contribution in [2.24, 2.45) is 0 Å². The number of carbonyl (C=O) groups is 2. The first kappa shape index (κ1) is 11.0. The molecule has 0 aromatic heterocycles. The first-order valence-electron chi connectivity index (χ1n) is 6.40. The number of hydrogen-bond acceptors (Lipinski definition) is 4. The number of methoxy groups -OCH3 is 1. The van der Waals surface area contributed by atoms with Crippen molar-refractivity contribution in [3.05, 3.63) is 0 Å². The number of ether oxygens (including phenoxy) is 1. The monoisotopic (exact) mass is 238 g/mol. The molecule has 3 aliphatic heterocycles. The molecule has 0 N–H and O–H groups in total. The fraction of sp³-hybridized carbons (Fsp3) is 0.833. The van der Waals surface area contributed by atoms with Gasteiger partial charge in [0.15, 0.2) is 0 Å². The minimum Gasteiger partial charge on any atom is -0.467 e. The topological polar surface area (TPSA) is 49.9 Å². The van der Waals surface area contributed by atoms with E-state index in [1.165, 1.54) is 7.11 Å². The molecule has 0 unspecified atom stereocenters. The summed E-state index contributed by atoms with van der Waals surface area (Å²) < 4.78 is 4.82. The Hall–Kier alpha value is -1.10. The van der Waals surface area contributed by atoms with Crippen LogP contribution < -0.4 is 0 Å². The molecular weight excluding hydrogens is 220 g/mol. The maximum absolute atomic E-state index is 12.3. The van der Waals surface area contributed by atoms with Crippen LogP contribution in [0.2, 0.25) is 0 Å². The van der Waals surface area contributed by atoms with Crippen LogP contribution in [0.3, 0.4) is 0 Å². The Bertz CT molecular complexity index is 358. The second kappa shape index (κ2) is 3.98. The second-order valence-corrected chi connectivity index (χ2v) is 5.09. The van der Waals surface area contributed by atoms with Gasteiger partial charge < -0.3 is 9.64 Å². The largest absolute Gasteiger partial charge is 0.467 e. The van der Waals surface area contributed by atoms with Crippen molar-refractivity contribution >= 4 is 11.9 Å². The summed E-state index contributed by atoms with van der Waals surface area (Å²) in [5, 5.41) is 0. The summed E-state index contributed by atoms with van der Waals surface area (Å²) in [7, 11) is 1.40. The van der Waals surface area contributed by atoms with Gasteiger partial charge in [-0.3, -0.25) is 9.69 Å². The van der Waals surface area contributed by atoms with E-state index in [-0.39, 0.29) is 30.1 Å². The van der Waals surface area contributed by atoms with Crippen LogP contribution >= 0.6 is 0 Å². The summed E-state index contributed by atoms with van der Waals surface area (Å²) in [5.74, 6) is -0.119. The summed E-state index contributed by atoms with van der Waals surface area (Å²) in [6, 6.07) is -0.317. The molecule has 0 aliphatic carbocycles. The van der Waals surface area contributed by atoms with Crippen molar-refractivity contribution in [2.45, 2.75) is 50.4 Å². The van der Waals surface area contributed by atoms with E-state index in [1.807, 2.05) is 0 Å². The number of amides is 1. The number of rotatable bonds is 1. The normalized spacial score (nSPS) is 36.9. The van der Waals surface area contributed by atoms with E-state index < -0.39 is 0 Å². The fourth-order valence-electron chi connectivity index (χ4n) is 3.56. The zero-order chi connectivity index (χ0) is 12.0. The Kier molecular flexibility index (Phi) is 2.58. The third-order valence-electron chi connectivity index (χ3n) is 4.29. The van der Waals surface area contributed by atoms with Gasteiger partial charge in [-0.1, -0.05) is 0 Å². The zero-order valence-electron chi connectivity index (χ0n) is 10.1. The molecule has 0 radical (unpaired) electrons. The van der Waals surface area contributed by atoms with E-state index in [1.54, 1.807) is 4.90 Å². The third-order valence-corrected chi connectivity index (χ3v) is 4.29. The third kappa shape index (κ3) is 1.48. The van der Waals surface area contributed by atoms with Crippen molar-refractivity contribution in [1.82, 2.24) is 9.80 Å². The highest BCUT2D eigenvalue weighted by Crippen LogP contribution is 2.38. The molecule has 3 heterocycles. The summed E-state index contributed by atoms with van der Waals surface area (Å²) in [6.07, 6.45) is 4.93. The summed E-state index contributed by atoms with van der Waals surface area (Å²) in [6.45, 7) is 0.992. The number of hydrogen-bond donors (Lipinski definition) is 0. The highest BCUT2D eigenvalue weighted by molar-refractivity contribution is 5.90. The van der Waals surface area contributed by atoms with Crippen molar-refractivity contribution in [1.29, 1.82) is 0 Å². The second-order valence-electron chi connectivity index (χ2n) is 5.09. The SMILES string of the molecule is COC(=O)[C@@H]1CCC[C@H]2N3CCC[C@H]3C(=O)N12. The lowest BCUT2D eigenvalue weighted by molar-refractivity contribution is -0.155. The number of piperidine rings is 1. The van der Waals surface area contributed by atoms with Gasteiger partial charge in [0, 0.05) is 6.54 Å². The molecule has 3 saturated heterocycles.